The molecule has 0 unspecified atom stereocenters. The number of hydrogen-bond donors (Lipinski definition) is 0. The second-order valence-corrected chi connectivity index (χ2v) is 12.9. The zero-order valence-corrected chi connectivity index (χ0v) is 27.6. The highest BCUT2D eigenvalue weighted by Gasteiger charge is 2.23. The lowest BCUT2D eigenvalue weighted by Crippen LogP contribution is -2.01. The number of aromatic nitrogens is 3. The summed E-state index contributed by atoms with van der Waals surface area (Å²) in [6.45, 7) is 7.97. The van der Waals surface area contributed by atoms with Crippen molar-refractivity contribution in [3.63, 3.8) is 0 Å². The molecule has 1 aliphatic rings. The van der Waals surface area contributed by atoms with Crippen LogP contribution in [0.3, 0.4) is 0 Å². The Morgan fingerprint density at radius 3 is 1.82 bits per heavy atom. The molecule has 10 rings (SSSR count). The number of benzene rings is 7. The van der Waals surface area contributed by atoms with Gasteiger partial charge in [0.2, 0.25) is 0 Å². The first kappa shape index (κ1) is 29.0. The minimum atomic E-state index is 0.508. The lowest BCUT2D eigenvalue weighted by Gasteiger charge is -2.10. The van der Waals surface area contributed by atoms with Crippen molar-refractivity contribution >= 4 is 38.3 Å². The molecule has 0 aliphatic heterocycles. The molecule has 0 atom stereocenters. The van der Waals surface area contributed by atoms with Gasteiger partial charge < -0.3 is 4.42 Å². The van der Waals surface area contributed by atoms with Gasteiger partial charge in [-0.05, 0) is 73.5 Å². The first-order valence-electron chi connectivity index (χ1n) is 17.0. The summed E-state index contributed by atoms with van der Waals surface area (Å²) in [4.78, 5) is 14.3. The van der Waals surface area contributed by atoms with Crippen molar-refractivity contribution < 1.29 is 4.42 Å². The summed E-state index contributed by atoms with van der Waals surface area (Å²) in [6.07, 6.45) is 1.67. The number of nitrogens with zero attached hydrogens (tertiary/aromatic N) is 3. The van der Waals surface area contributed by atoms with E-state index in [4.69, 9.17) is 14.4 Å². The molecule has 1 aliphatic carbocycles. The van der Waals surface area contributed by atoms with Crippen molar-refractivity contribution in [1.82, 2.24) is 15.0 Å². The van der Waals surface area contributed by atoms with Crippen LogP contribution in [-0.2, 0) is 0 Å². The van der Waals surface area contributed by atoms with Crippen LogP contribution in [0.5, 0.6) is 0 Å². The summed E-state index contributed by atoms with van der Waals surface area (Å²) in [7, 11) is 0. The molecular weight excluding hydrogens is 623 g/mol. The van der Waals surface area contributed by atoms with E-state index in [9.17, 15) is 0 Å². The number of rotatable bonds is 6. The fraction of sp³-hybridized carbons (Fsp3) is 0. The first-order chi connectivity index (χ1) is 25.1. The summed E-state index contributed by atoms with van der Waals surface area (Å²) in [5.74, 6) is 1.68. The van der Waals surface area contributed by atoms with Crippen LogP contribution in [0.4, 0.5) is 0 Å². The van der Waals surface area contributed by atoms with Gasteiger partial charge in [-0.25, -0.2) is 15.0 Å². The molecule has 4 heteroatoms. The topological polar surface area (TPSA) is 51.8 Å². The fourth-order valence-corrected chi connectivity index (χ4v) is 7.55. The molecule has 2 heterocycles. The average Bonchev–Trinajstić information content (AvgIpc) is 3.74. The summed E-state index contributed by atoms with van der Waals surface area (Å²) in [5, 5.41) is 4.77. The molecular formula is C47H29N3O. The van der Waals surface area contributed by atoms with Crippen LogP contribution >= 0.6 is 0 Å². The fourth-order valence-electron chi connectivity index (χ4n) is 7.55. The van der Waals surface area contributed by atoms with Gasteiger partial charge in [-0.2, -0.15) is 0 Å². The number of fused-ring (bicyclic) bond motifs is 6. The zero-order valence-electron chi connectivity index (χ0n) is 27.6. The quantitative estimate of drug-likeness (QED) is 0.168. The van der Waals surface area contributed by atoms with E-state index < -0.39 is 0 Å². The van der Waals surface area contributed by atoms with E-state index in [0.717, 1.165) is 49.8 Å². The van der Waals surface area contributed by atoms with E-state index in [1.807, 2.05) is 36.4 Å². The van der Waals surface area contributed by atoms with Gasteiger partial charge in [0.15, 0.2) is 17.5 Å². The maximum absolute atomic E-state index is 6.43. The minimum absolute atomic E-state index is 0.508. The van der Waals surface area contributed by atoms with E-state index in [2.05, 4.69) is 127 Å². The van der Waals surface area contributed by atoms with E-state index in [0.29, 0.717) is 23.0 Å². The minimum Gasteiger partial charge on any atom is -0.456 e. The molecule has 2 aromatic heterocycles. The first-order valence-corrected chi connectivity index (χ1v) is 17.0. The standard InChI is InChI=1S/C47H29N3O/c1-3-28(2)45-48-46(30-11-5-4-6-12-30)50-47(49-45)31-21-19-29(20-22-31)34-15-10-18-42-44(34)40-27-32(23-26-41(40)51-42)33-24-25-39-36-14-8-7-13-35(36)38-17-9-16-37(33)43(38)39/h3-27H,1-2H2. The van der Waals surface area contributed by atoms with Gasteiger partial charge in [-0.3, -0.25) is 0 Å². The number of hydrogen-bond acceptors (Lipinski definition) is 4. The Morgan fingerprint density at radius 1 is 0.451 bits per heavy atom. The third kappa shape index (κ3) is 4.58. The van der Waals surface area contributed by atoms with Crippen molar-refractivity contribution in [2.75, 3.05) is 0 Å². The predicted octanol–water partition coefficient (Wildman–Crippen LogP) is 12.4. The molecule has 238 valence electrons. The Kier molecular flexibility index (Phi) is 6.45. The van der Waals surface area contributed by atoms with Crippen LogP contribution in [-0.4, -0.2) is 15.0 Å². The normalized spacial score (nSPS) is 11.7. The van der Waals surface area contributed by atoms with Gasteiger partial charge in [-0.1, -0.05) is 147 Å². The number of furan rings is 1. The molecule has 0 spiro atoms. The van der Waals surface area contributed by atoms with Gasteiger partial charge in [0.25, 0.3) is 0 Å². The smallest absolute Gasteiger partial charge is 0.164 e. The molecule has 0 amide bonds. The van der Waals surface area contributed by atoms with Gasteiger partial charge in [0.05, 0.1) is 0 Å². The Labute approximate surface area is 294 Å². The molecule has 0 saturated carbocycles. The van der Waals surface area contributed by atoms with Crippen molar-refractivity contribution in [2.24, 2.45) is 0 Å². The van der Waals surface area contributed by atoms with Crippen LogP contribution in [0.2, 0.25) is 0 Å². The largest absolute Gasteiger partial charge is 0.456 e. The van der Waals surface area contributed by atoms with Crippen molar-refractivity contribution in [3.8, 4) is 67.3 Å². The second-order valence-electron chi connectivity index (χ2n) is 12.9. The molecule has 0 radical (unpaired) electrons. The van der Waals surface area contributed by atoms with Gasteiger partial charge in [0.1, 0.15) is 11.2 Å². The maximum atomic E-state index is 6.43. The van der Waals surface area contributed by atoms with Gasteiger partial charge in [-0.15, -0.1) is 0 Å². The third-order valence-electron chi connectivity index (χ3n) is 10.0. The molecule has 0 fully saturated rings. The monoisotopic (exact) mass is 651 g/mol. The Bertz CT molecular complexity index is 2850. The predicted molar refractivity (Wildman–Crippen MR) is 210 cm³/mol. The lowest BCUT2D eigenvalue weighted by atomic mass is 9.93. The molecule has 51 heavy (non-hydrogen) atoms. The van der Waals surface area contributed by atoms with E-state index in [1.165, 1.54) is 38.6 Å². The molecule has 7 aromatic carbocycles. The van der Waals surface area contributed by atoms with E-state index in [1.54, 1.807) is 6.08 Å². The Hall–Kier alpha value is -6.91. The molecule has 0 N–H and O–H groups in total. The van der Waals surface area contributed by atoms with Gasteiger partial charge >= 0.3 is 0 Å². The van der Waals surface area contributed by atoms with Crippen molar-refractivity contribution in [1.29, 1.82) is 0 Å². The van der Waals surface area contributed by atoms with Crippen molar-refractivity contribution in [3.05, 3.63) is 171 Å². The van der Waals surface area contributed by atoms with Crippen molar-refractivity contribution in [2.45, 2.75) is 0 Å². The van der Waals surface area contributed by atoms with Crippen LogP contribution < -0.4 is 0 Å². The summed E-state index contributed by atoms with van der Waals surface area (Å²) >= 11 is 0. The molecule has 4 nitrogen and oxygen atoms in total. The second kappa shape index (κ2) is 11.3. The Morgan fingerprint density at radius 2 is 1.06 bits per heavy atom. The van der Waals surface area contributed by atoms with Crippen LogP contribution in [0.1, 0.15) is 5.82 Å². The summed E-state index contributed by atoms with van der Waals surface area (Å²) < 4.78 is 6.43. The third-order valence-corrected chi connectivity index (χ3v) is 10.0. The molecule has 0 saturated heterocycles. The Balaban J connectivity index is 1.08. The lowest BCUT2D eigenvalue weighted by molar-refractivity contribution is 0.669. The van der Waals surface area contributed by atoms with E-state index in [-0.39, 0.29) is 0 Å². The molecule has 0 bridgehead atoms. The summed E-state index contributed by atoms with van der Waals surface area (Å²) in [5.41, 5.74) is 13.9. The van der Waals surface area contributed by atoms with Crippen LogP contribution in [0.25, 0.3) is 106 Å². The van der Waals surface area contributed by atoms with Crippen LogP contribution in [0, 0.1) is 0 Å². The highest BCUT2D eigenvalue weighted by atomic mass is 16.3. The number of allylic oxidation sites excluding steroid dienone is 2. The SMILES string of the molecule is C=CC(=C)c1nc(-c2ccccc2)nc(-c2ccc(-c3cccc4oc5ccc(-c6ccc7c8c(cccc68)-c6ccccc6-7)cc5c34)cc2)n1. The maximum Gasteiger partial charge on any atom is 0.164 e. The van der Waals surface area contributed by atoms with Gasteiger partial charge in [0, 0.05) is 27.5 Å². The van der Waals surface area contributed by atoms with Crippen LogP contribution in [0.15, 0.2) is 169 Å². The zero-order chi connectivity index (χ0) is 34.1. The highest BCUT2D eigenvalue weighted by molar-refractivity contribution is 6.19. The van der Waals surface area contributed by atoms with E-state index >= 15 is 0 Å². The highest BCUT2D eigenvalue weighted by Crippen LogP contribution is 2.49. The summed E-state index contributed by atoms with van der Waals surface area (Å²) in [6, 6.07) is 51.1. The molecule has 9 aromatic rings. The average molecular weight is 652 g/mol.